The van der Waals surface area contributed by atoms with E-state index in [1.165, 1.54) is 5.56 Å². The Bertz CT molecular complexity index is 509. The van der Waals surface area contributed by atoms with Gasteiger partial charge < -0.3 is 9.64 Å². The molecule has 0 N–H and O–H groups in total. The van der Waals surface area contributed by atoms with Gasteiger partial charge in [-0.15, -0.1) is 0 Å². The lowest BCUT2D eigenvalue weighted by molar-refractivity contribution is -0.142. The Kier molecular flexibility index (Phi) is 5.34. The first-order valence-electron chi connectivity index (χ1n) is 8.09. The van der Waals surface area contributed by atoms with Crippen molar-refractivity contribution in [2.45, 2.75) is 25.4 Å². The Morgan fingerprint density at radius 1 is 1.27 bits per heavy atom. The Labute approximate surface area is 137 Å². The van der Waals surface area contributed by atoms with Crippen LogP contribution >= 0.6 is 11.6 Å². The van der Waals surface area contributed by atoms with Crippen molar-refractivity contribution in [3.63, 3.8) is 0 Å². The van der Waals surface area contributed by atoms with Gasteiger partial charge in [0.25, 0.3) is 5.91 Å². The van der Waals surface area contributed by atoms with Crippen LogP contribution in [0, 0.1) is 0 Å². The number of nitrogens with zero attached hydrogens (tertiary/aromatic N) is 2. The summed E-state index contributed by atoms with van der Waals surface area (Å²) in [5, 5.41) is 0.796. The van der Waals surface area contributed by atoms with Crippen molar-refractivity contribution in [1.29, 1.82) is 0 Å². The molecule has 1 aromatic carbocycles. The van der Waals surface area contributed by atoms with Gasteiger partial charge in [-0.1, -0.05) is 23.7 Å². The lowest BCUT2D eigenvalue weighted by Crippen LogP contribution is -2.51. The van der Waals surface area contributed by atoms with E-state index in [0.29, 0.717) is 0 Å². The Balaban J connectivity index is 1.42. The third kappa shape index (κ3) is 4.00. The molecule has 120 valence electrons. The van der Waals surface area contributed by atoms with Gasteiger partial charge in [0.15, 0.2) is 0 Å². The summed E-state index contributed by atoms with van der Waals surface area (Å²) in [7, 11) is 0. The Morgan fingerprint density at radius 3 is 2.77 bits per heavy atom. The van der Waals surface area contributed by atoms with Gasteiger partial charge in [0.1, 0.15) is 6.10 Å². The van der Waals surface area contributed by atoms with Gasteiger partial charge in [-0.2, -0.15) is 0 Å². The third-order valence-electron chi connectivity index (χ3n) is 4.49. The maximum absolute atomic E-state index is 12.3. The smallest absolute Gasteiger partial charge is 0.251 e. The highest BCUT2D eigenvalue weighted by atomic mass is 35.5. The fraction of sp³-hybridized carbons (Fsp3) is 0.588. The number of ether oxygens (including phenoxy) is 1. The molecular formula is C17H23ClN2O2. The van der Waals surface area contributed by atoms with Crippen molar-refractivity contribution in [3.8, 4) is 0 Å². The number of amides is 1. The standard InChI is InChI=1S/C17H23ClN2O2/c18-15-4-1-3-14(13-15)6-7-19-8-10-20(11-9-19)17(21)16-5-2-12-22-16/h1,3-4,13,16H,2,5-12H2. The SMILES string of the molecule is O=C(C1CCCO1)N1CCN(CCc2cccc(Cl)c2)CC1. The van der Waals surface area contributed by atoms with Gasteiger partial charge >= 0.3 is 0 Å². The van der Waals surface area contributed by atoms with Crippen LogP contribution in [0.3, 0.4) is 0 Å². The van der Waals surface area contributed by atoms with Crippen molar-refractivity contribution in [1.82, 2.24) is 9.80 Å². The molecule has 1 aromatic rings. The zero-order valence-corrected chi connectivity index (χ0v) is 13.6. The molecule has 2 saturated heterocycles. The number of carbonyl (C=O) groups excluding carboxylic acids is 1. The minimum absolute atomic E-state index is 0.182. The molecule has 0 spiro atoms. The van der Waals surface area contributed by atoms with Crippen LogP contribution in [0.1, 0.15) is 18.4 Å². The molecule has 0 radical (unpaired) electrons. The second-order valence-corrected chi connectivity index (χ2v) is 6.48. The molecule has 0 saturated carbocycles. The van der Waals surface area contributed by atoms with Crippen LogP contribution in [0.5, 0.6) is 0 Å². The summed E-state index contributed by atoms with van der Waals surface area (Å²) in [5.74, 6) is 0.187. The monoisotopic (exact) mass is 322 g/mol. The zero-order valence-electron chi connectivity index (χ0n) is 12.8. The predicted molar refractivity (Wildman–Crippen MR) is 87.2 cm³/mol. The van der Waals surface area contributed by atoms with E-state index >= 15 is 0 Å². The molecule has 3 rings (SSSR count). The first kappa shape index (κ1) is 15.8. The molecule has 2 aliphatic rings. The number of hydrogen-bond donors (Lipinski definition) is 0. The first-order chi connectivity index (χ1) is 10.7. The minimum Gasteiger partial charge on any atom is -0.368 e. The van der Waals surface area contributed by atoms with E-state index in [-0.39, 0.29) is 12.0 Å². The summed E-state index contributed by atoms with van der Waals surface area (Å²) in [4.78, 5) is 16.7. The molecule has 2 heterocycles. The number of piperazine rings is 1. The summed E-state index contributed by atoms with van der Waals surface area (Å²) in [6.45, 7) is 5.26. The second-order valence-electron chi connectivity index (χ2n) is 6.05. The van der Waals surface area contributed by atoms with Crippen LogP contribution in [0.25, 0.3) is 0 Å². The molecule has 2 aliphatic heterocycles. The van der Waals surface area contributed by atoms with Crippen molar-refractivity contribution in [3.05, 3.63) is 34.9 Å². The Hall–Kier alpha value is -1.10. The summed E-state index contributed by atoms with van der Waals surface area (Å²) in [6, 6.07) is 8.04. The maximum atomic E-state index is 12.3. The molecule has 0 aliphatic carbocycles. The second kappa shape index (κ2) is 7.44. The average molecular weight is 323 g/mol. The minimum atomic E-state index is -0.182. The van der Waals surface area contributed by atoms with E-state index in [2.05, 4.69) is 11.0 Å². The van der Waals surface area contributed by atoms with Crippen molar-refractivity contribution >= 4 is 17.5 Å². The summed E-state index contributed by atoms with van der Waals surface area (Å²) in [6.07, 6.45) is 2.71. The molecule has 22 heavy (non-hydrogen) atoms. The summed E-state index contributed by atoms with van der Waals surface area (Å²) >= 11 is 6.01. The molecule has 1 atom stereocenters. The van der Waals surface area contributed by atoms with Crippen LogP contribution in [-0.4, -0.2) is 61.1 Å². The lowest BCUT2D eigenvalue weighted by atomic mass is 10.1. The summed E-state index contributed by atoms with van der Waals surface area (Å²) < 4.78 is 5.49. The van der Waals surface area contributed by atoms with E-state index in [1.54, 1.807) is 0 Å². The van der Waals surface area contributed by atoms with Crippen LogP contribution < -0.4 is 0 Å². The normalized spacial score (nSPS) is 23.0. The van der Waals surface area contributed by atoms with Crippen LogP contribution in [-0.2, 0) is 16.0 Å². The van der Waals surface area contributed by atoms with Gasteiger partial charge in [0.2, 0.25) is 0 Å². The quantitative estimate of drug-likeness (QED) is 0.852. The molecule has 2 fully saturated rings. The fourth-order valence-electron chi connectivity index (χ4n) is 3.15. The number of rotatable bonds is 4. The molecule has 0 aromatic heterocycles. The third-order valence-corrected chi connectivity index (χ3v) is 4.73. The van der Waals surface area contributed by atoms with Crippen LogP contribution in [0.4, 0.5) is 0 Å². The van der Waals surface area contributed by atoms with Gasteiger partial charge in [-0.05, 0) is 37.0 Å². The largest absolute Gasteiger partial charge is 0.368 e. The number of carbonyl (C=O) groups is 1. The maximum Gasteiger partial charge on any atom is 0.251 e. The number of halogens is 1. The highest BCUT2D eigenvalue weighted by molar-refractivity contribution is 6.30. The first-order valence-corrected chi connectivity index (χ1v) is 8.47. The lowest BCUT2D eigenvalue weighted by Gasteiger charge is -2.35. The Morgan fingerprint density at radius 2 is 2.09 bits per heavy atom. The van der Waals surface area contributed by atoms with E-state index in [4.69, 9.17) is 16.3 Å². The predicted octanol–water partition coefficient (Wildman–Crippen LogP) is 2.21. The molecule has 0 bridgehead atoms. The number of hydrogen-bond acceptors (Lipinski definition) is 3. The van der Waals surface area contributed by atoms with Crippen molar-refractivity contribution < 1.29 is 9.53 Å². The van der Waals surface area contributed by atoms with E-state index in [0.717, 1.165) is 63.6 Å². The van der Waals surface area contributed by atoms with Gasteiger partial charge in [-0.3, -0.25) is 9.69 Å². The van der Waals surface area contributed by atoms with Gasteiger partial charge in [-0.25, -0.2) is 0 Å². The van der Waals surface area contributed by atoms with E-state index in [1.807, 2.05) is 23.1 Å². The van der Waals surface area contributed by atoms with Gasteiger partial charge in [0, 0.05) is 44.4 Å². The molecule has 1 amide bonds. The fourth-order valence-corrected chi connectivity index (χ4v) is 3.36. The van der Waals surface area contributed by atoms with E-state index < -0.39 is 0 Å². The van der Waals surface area contributed by atoms with Crippen LogP contribution in [0.15, 0.2) is 24.3 Å². The topological polar surface area (TPSA) is 32.8 Å². The molecule has 1 unspecified atom stereocenters. The average Bonchev–Trinajstić information content (AvgIpc) is 3.07. The zero-order chi connectivity index (χ0) is 15.4. The highest BCUT2D eigenvalue weighted by Gasteiger charge is 2.30. The molecule has 5 heteroatoms. The van der Waals surface area contributed by atoms with Crippen molar-refractivity contribution in [2.24, 2.45) is 0 Å². The van der Waals surface area contributed by atoms with Gasteiger partial charge in [0.05, 0.1) is 0 Å². The summed E-state index contributed by atoms with van der Waals surface area (Å²) in [5.41, 5.74) is 1.27. The molecule has 4 nitrogen and oxygen atoms in total. The number of benzene rings is 1. The highest BCUT2D eigenvalue weighted by Crippen LogP contribution is 2.16. The van der Waals surface area contributed by atoms with E-state index in [9.17, 15) is 4.79 Å². The molecular weight excluding hydrogens is 300 g/mol. The van der Waals surface area contributed by atoms with Crippen molar-refractivity contribution in [2.75, 3.05) is 39.3 Å². The van der Waals surface area contributed by atoms with Crippen LogP contribution in [0.2, 0.25) is 5.02 Å².